The van der Waals surface area contributed by atoms with Gasteiger partial charge in [0.1, 0.15) is 0 Å². The van der Waals surface area contributed by atoms with E-state index in [0.717, 1.165) is 16.9 Å². The third-order valence-corrected chi connectivity index (χ3v) is 8.71. The van der Waals surface area contributed by atoms with Crippen LogP contribution in [0.25, 0.3) is 10.2 Å². The highest BCUT2D eigenvalue weighted by atomic mass is 32.2. The van der Waals surface area contributed by atoms with Crippen molar-refractivity contribution in [3.63, 3.8) is 0 Å². The van der Waals surface area contributed by atoms with E-state index < -0.39 is 10.0 Å². The molecule has 4 rings (SSSR count). The van der Waals surface area contributed by atoms with Crippen LogP contribution < -0.4 is 9.77 Å². The molecule has 8 heteroatoms. The summed E-state index contributed by atoms with van der Waals surface area (Å²) in [6.07, 6.45) is 0. The van der Waals surface area contributed by atoms with Crippen molar-refractivity contribution in [3.05, 3.63) is 57.2 Å². The normalized spacial score (nSPS) is 16.0. The number of hydrogen-bond acceptors (Lipinski definition) is 5. The fourth-order valence-corrected chi connectivity index (χ4v) is 6.64. The minimum absolute atomic E-state index is 0.0341. The number of aryl methyl sites for hydroxylation is 1. The molecule has 30 heavy (non-hydrogen) atoms. The molecule has 1 aliphatic rings. The van der Waals surface area contributed by atoms with Gasteiger partial charge in [0.2, 0.25) is 10.0 Å². The molecular weight excluding hydrogens is 418 g/mol. The Morgan fingerprint density at radius 2 is 1.70 bits per heavy atom. The number of thiazole rings is 1. The minimum atomic E-state index is -3.60. The van der Waals surface area contributed by atoms with E-state index in [4.69, 9.17) is 0 Å². The van der Waals surface area contributed by atoms with Crippen LogP contribution in [0.4, 0.5) is 5.69 Å². The molecule has 0 radical (unpaired) electrons. The molecule has 0 saturated carbocycles. The van der Waals surface area contributed by atoms with E-state index in [9.17, 15) is 13.2 Å². The number of sulfonamides is 1. The van der Waals surface area contributed by atoms with Crippen molar-refractivity contribution < 1.29 is 8.42 Å². The largest absolute Gasteiger partial charge is 0.369 e. The van der Waals surface area contributed by atoms with Gasteiger partial charge >= 0.3 is 4.87 Å². The van der Waals surface area contributed by atoms with Gasteiger partial charge in [-0.2, -0.15) is 4.31 Å². The van der Waals surface area contributed by atoms with Gasteiger partial charge in [0.25, 0.3) is 0 Å². The van der Waals surface area contributed by atoms with Crippen molar-refractivity contribution in [2.75, 3.05) is 31.1 Å². The Kier molecular flexibility index (Phi) is 5.50. The first-order chi connectivity index (χ1) is 14.2. The topological polar surface area (TPSA) is 62.6 Å². The lowest BCUT2D eigenvalue weighted by Gasteiger charge is -2.36. The maximum atomic E-state index is 13.2. The summed E-state index contributed by atoms with van der Waals surface area (Å²) in [7, 11) is -3.60. The second-order valence-corrected chi connectivity index (χ2v) is 11.0. The number of anilines is 1. The fourth-order valence-electron chi connectivity index (χ4n) is 4.06. The van der Waals surface area contributed by atoms with Crippen LogP contribution in [-0.2, 0) is 10.0 Å². The molecule has 0 aliphatic carbocycles. The number of piperazine rings is 1. The van der Waals surface area contributed by atoms with E-state index in [0.29, 0.717) is 30.9 Å². The van der Waals surface area contributed by atoms with Gasteiger partial charge in [-0.15, -0.1) is 0 Å². The smallest absolute Gasteiger partial charge is 0.308 e. The molecule has 6 nitrogen and oxygen atoms in total. The summed E-state index contributed by atoms with van der Waals surface area (Å²) in [6.45, 7) is 10.3. The molecule has 2 aromatic carbocycles. The van der Waals surface area contributed by atoms with E-state index in [2.05, 4.69) is 30.9 Å². The first-order valence-corrected chi connectivity index (χ1v) is 12.4. The molecule has 0 amide bonds. The molecule has 0 bridgehead atoms. The van der Waals surface area contributed by atoms with E-state index in [1.165, 1.54) is 16.8 Å². The standard InChI is InChI=1S/C22H27N3O3S2/c1-15(2)25-20-9-8-18(14-21(20)29-22(25)26)30(27,28)24-12-10-23(11-13-24)19-7-5-6-16(3)17(19)4/h5-9,14-15H,10-13H2,1-4H3. The zero-order valence-corrected chi connectivity index (χ0v) is 19.4. The summed E-state index contributed by atoms with van der Waals surface area (Å²) in [4.78, 5) is 14.7. The van der Waals surface area contributed by atoms with Crippen LogP contribution in [0.5, 0.6) is 0 Å². The molecule has 3 aromatic rings. The van der Waals surface area contributed by atoms with Crippen molar-refractivity contribution in [1.29, 1.82) is 0 Å². The summed E-state index contributed by atoms with van der Waals surface area (Å²) >= 11 is 1.10. The molecule has 0 spiro atoms. The molecule has 1 saturated heterocycles. The highest BCUT2D eigenvalue weighted by Gasteiger charge is 2.29. The molecule has 1 fully saturated rings. The van der Waals surface area contributed by atoms with Gasteiger partial charge in [0, 0.05) is 37.9 Å². The number of fused-ring (bicyclic) bond motifs is 1. The van der Waals surface area contributed by atoms with Crippen molar-refractivity contribution in [2.24, 2.45) is 0 Å². The third-order valence-electron chi connectivity index (χ3n) is 5.89. The molecule has 0 unspecified atom stereocenters. The zero-order valence-electron chi connectivity index (χ0n) is 17.8. The number of benzene rings is 2. The molecule has 160 valence electrons. The van der Waals surface area contributed by atoms with Crippen LogP contribution in [-0.4, -0.2) is 43.5 Å². The molecular formula is C22H27N3O3S2. The van der Waals surface area contributed by atoms with Gasteiger partial charge in [-0.1, -0.05) is 23.5 Å². The molecule has 1 aromatic heterocycles. The second kappa shape index (κ2) is 7.83. The Balaban J connectivity index is 1.58. The summed E-state index contributed by atoms with van der Waals surface area (Å²) in [5, 5.41) is 0. The van der Waals surface area contributed by atoms with Crippen molar-refractivity contribution in [1.82, 2.24) is 8.87 Å². The van der Waals surface area contributed by atoms with Crippen molar-refractivity contribution in [2.45, 2.75) is 38.6 Å². The van der Waals surface area contributed by atoms with Crippen LogP contribution in [0.3, 0.4) is 0 Å². The molecule has 0 atom stereocenters. The highest BCUT2D eigenvalue weighted by molar-refractivity contribution is 7.89. The Morgan fingerprint density at radius 1 is 1.00 bits per heavy atom. The maximum Gasteiger partial charge on any atom is 0.308 e. The van der Waals surface area contributed by atoms with E-state index in [1.807, 2.05) is 19.9 Å². The monoisotopic (exact) mass is 445 g/mol. The zero-order chi connectivity index (χ0) is 21.6. The number of hydrogen-bond donors (Lipinski definition) is 0. The van der Waals surface area contributed by atoms with Gasteiger partial charge in [-0.3, -0.25) is 9.36 Å². The van der Waals surface area contributed by atoms with Gasteiger partial charge in [0.05, 0.1) is 15.1 Å². The maximum absolute atomic E-state index is 13.2. The van der Waals surface area contributed by atoms with Gasteiger partial charge in [-0.05, 0) is 63.1 Å². The summed E-state index contributed by atoms with van der Waals surface area (Å²) < 4.78 is 30.5. The fraction of sp³-hybridized carbons (Fsp3) is 0.409. The summed E-state index contributed by atoms with van der Waals surface area (Å²) in [5.41, 5.74) is 4.44. The predicted molar refractivity (Wildman–Crippen MR) is 123 cm³/mol. The van der Waals surface area contributed by atoms with E-state index in [-0.39, 0.29) is 15.8 Å². The van der Waals surface area contributed by atoms with Crippen molar-refractivity contribution >= 4 is 37.3 Å². The first kappa shape index (κ1) is 21.1. The SMILES string of the molecule is Cc1cccc(N2CCN(S(=O)(=O)c3ccc4c(c3)sc(=O)n4C(C)C)CC2)c1C. The van der Waals surface area contributed by atoms with E-state index >= 15 is 0 Å². The van der Waals surface area contributed by atoms with E-state index in [1.54, 1.807) is 27.1 Å². The quantitative estimate of drug-likeness (QED) is 0.613. The Labute approximate surface area is 181 Å². The lowest BCUT2D eigenvalue weighted by molar-refractivity contribution is 0.385. The Morgan fingerprint density at radius 3 is 2.37 bits per heavy atom. The summed E-state index contributed by atoms with van der Waals surface area (Å²) in [6, 6.07) is 11.3. The predicted octanol–water partition coefficient (Wildman–Crippen LogP) is 3.77. The van der Waals surface area contributed by atoms with Crippen LogP contribution in [0.2, 0.25) is 0 Å². The Bertz CT molecular complexity index is 1250. The molecule has 2 heterocycles. The molecule has 1 aliphatic heterocycles. The Hall–Kier alpha value is -2.16. The lowest BCUT2D eigenvalue weighted by atomic mass is 10.1. The number of aromatic nitrogens is 1. The number of nitrogens with zero attached hydrogens (tertiary/aromatic N) is 3. The van der Waals surface area contributed by atoms with Crippen LogP contribution >= 0.6 is 11.3 Å². The molecule has 0 N–H and O–H groups in total. The van der Waals surface area contributed by atoms with Crippen LogP contribution in [0.1, 0.15) is 31.0 Å². The minimum Gasteiger partial charge on any atom is -0.369 e. The van der Waals surface area contributed by atoms with Crippen LogP contribution in [0, 0.1) is 13.8 Å². The van der Waals surface area contributed by atoms with Gasteiger partial charge in [0.15, 0.2) is 0 Å². The lowest BCUT2D eigenvalue weighted by Crippen LogP contribution is -2.48. The van der Waals surface area contributed by atoms with Gasteiger partial charge < -0.3 is 4.90 Å². The number of rotatable bonds is 4. The first-order valence-electron chi connectivity index (χ1n) is 10.2. The second-order valence-electron chi connectivity index (χ2n) is 8.07. The van der Waals surface area contributed by atoms with Crippen molar-refractivity contribution in [3.8, 4) is 0 Å². The van der Waals surface area contributed by atoms with Gasteiger partial charge in [-0.25, -0.2) is 8.42 Å². The average Bonchev–Trinajstić information content (AvgIpc) is 3.05. The average molecular weight is 446 g/mol. The summed E-state index contributed by atoms with van der Waals surface area (Å²) in [5.74, 6) is 0. The third kappa shape index (κ3) is 3.57. The highest BCUT2D eigenvalue weighted by Crippen LogP contribution is 2.28. The van der Waals surface area contributed by atoms with Crippen LogP contribution in [0.15, 0.2) is 46.1 Å².